The number of carbonyl (C=O) groups is 1. The number of aliphatic hydroxyl groups excluding tert-OH is 2. The van der Waals surface area contributed by atoms with Crippen molar-refractivity contribution >= 4 is 5.97 Å². The molecule has 0 aromatic heterocycles. The van der Waals surface area contributed by atoms with Gasteiger partial charge < -0.3 is 20.1 Å². The smallest absolute Gasteiger partial charge is 0.394 e. The van der Waals surface area contributed by atoms with Crippen LogP contribution in [0.5, 0.6) is 0 Å². The van der Waals surface area contributed by atoms with Crippen molar-refractivity contribution < 1.29 is 38.0 Å². The highest BCUT2D eigenvalue weighted by atomic mass is 19.4. The van der Waals surface area contributed by atoms with E-state index < -0.39 is 24.2 Å². The van der Waals surface area contributed by atoms with Gasteiger partial charge in [-0.3, -0.25) is 4.79 Å². The molecule has 2 rings (SSSR count). The van der Waals surface area contributed by atoms with Gasteiger partial charge in [-0.1, -0.05) is 38.3 Å². The first-order chi connectivity index (χ1) is 14.2. The number of rotatable bonds is 12. The first kappa shape index (κ1) is 25.1. The van der Waals surface area contributed by atoms with Gasteiger partial charge >= 0.3 is 12.1 Å². The Morgan fingerprint density at radius 2 is 1.97 bits per heavy atom. The van der Waals surface area contributed by atoms with Crippen LogP contribution in [0.2, 0.25) is 0 Å². The Balaban J connectivity index is 1.96. The van der Waals surface area contributed by atoms with Gasteiger partial charge in [0.25, 0.3) is 0 Å². The van der Waals surface area contributed by atoms with E-state index in [1.807, 2.05) is 6.92 Å². The highest BCUT2D eigenvalue weighted by Crippen LogP contribution is 2.48. The predicted molar refractivity (Wildman–Crippen MR) is 106 cm³/mol. The van der Waals surface area contributed by atoms with E-state index in [0.717, 1.165) is 19.3 Å². The Morgan fingerprint density at radius 1 is 1.23 bits per heavy atom. The molecule has 7 atom stereocenters. The molecule has 2 aliphatic rings. The summed E-state index contributed by atoms with van der Waals surface area (Å²) in [5, 5.41) is 28.7. The van der Waals surface area contributed by atoms with Crippen LogP contribution in [0, 0.1) is 23.7 Å². The fraction of sp³-hybridized carbons (Fsp3) is 0.864. The summed E-state index contributed by atoms with van der Waals surface area (Å²) in [6.07, 6.45) is 1.42. The van der Waals surface area contributed by atoms with Crippen molar-refractivity contribution in [3.8, 4) is 0 Å². The number of hydrogen-bond donors (Lipinski definition) is 3. The second-order valence-electron chi connectivity index (χ2n) is 8.76. The topological polar surface area (TPSA) is 87.0 Å². The van der Waals surface area contributed by atoms with E-state index in [0.29, 0.717) is 25.7 Å². The second-order valence-corrected chi connectivity index (χ2v) is 8.76. The number of allylic oxidation sites excluding steroid dienone is 1. The third-order valence-corrected chi connectivity index (χ3v) is 6.59. The maximum absolute atomic E-state index is 13.3. The van der Waals surface area contributed by atoms with Crippen molar-refractivity contribution in [3.63, 3.8) is 0 Å². The first-order valence-corrected chi connectivity index (χ1v) is 11.1. The van der Waals surface area contributed by atoms with Crippen LogP contribution in [0.1, 0.15) is 64.7 Å². The molecule has 1 saturated heterocycles. The summed E-state index contributed by atoms with van der Waals surface area (Å²) in [7, 11) is 0. The summed E-state index contributed by atoms with van der Waals surface area (Å²) in [5.41, 5.74) is 0. The van der Waals surface area contributed by atoms with Crippen molar-refractivity contribution in [3.05, 3.63) is 12.2 Å². The number of aliphatic hydroxyl groups is 2. The number of unbranched alkanes of at least 4 members (excludes halogenated alkanes) is 2. The van der Waals surface area contributed by atoms with Crippen LogP contribution in [0.15, 0.2) is 12.2 Å². The highest BCUT2D eigenvalue weighted by molar-refractivity contribution is 5.66. The minimum atomic E-state index is -4.45. The number of aliphatic carboxylic acids is 1. The maximum Gasteiger partial charge on any atom is 0.394 e. The number of alkyl halides is 3. The molecule has 0 aromatic carbocycles. The quantitative estimate of drug-likeness (QED) is 0.313. The largest absolute Gasteiger partial charge is 0.481 e. The summed E-state index contributed by atoms with van der Waals surface area (Å²) in [5.74, 6) is -2.70. The summed E-state index contributed by atoms with van der Waals surface area (Å²) in [6, 6.07) is 0. The number of ether oxygens (including phenoxy) is 1. The molecule has 30 heavy (non-hydrogen) atoms. The van der Waals surface area contributed by atoms with E-state index in [1.54, 1.807) is 6.08 Å². The Kier molecular flexibility index (Phi) is 9.63. The molecule has 0 bridgehead atoms. The second kappa shape index (κ2) is 11.5. The molecule has 8 heteroatoms. The number of halogens is 3. The summed E-state index contributed by atoms with van der Waals surface area (Å²) in [6.45, 7) is 1.75. The Morgan fingerprint density at radius 3 is 2.57 bits per heavy atom. The van der Waals surface area contributed by atoms with Crippen LogP contribution in [0.3, 0.4) is 0 Å². The first-order valence-electron chi connectivity index (χ1n) is 11.1. The fourth-order valence-corrected chi connectivity index (χ4v) is 4.96. The standard InChI is InChI=1S/C22H35F3O5/c1-2-3-7-18(22(23,24)25)19(27)10-9-16-14(13-26)11-20-17(16)12-15(30-20)6-4-5-8-21(28)29/h9-10,14-20,26-27H,2-8,11-13H2,1H3,(H,28,29)/b10-9+/t14-,15-,16-,17+,18+,19+,20-/m0/s1. The Bertz CT molecular complexity index is 565. The van der Waals surface area contributed by atoms with E-state index in [4.69, 9.17) is 9.84 Å². The van der Waals surface area contributed by atoms with E-state index >= 15 is 0 Å². The van der Waals surface area contributed by atoms with Gasteiger partial charge in [0, 0.05) is 13.0 Å². The molecule has 5 nitrogen and oxygen atoms in total. The molecule has 1 aliphatic carbocycles. The van der Waals surface area contributed by atoms with Crippen molar-refractivity contribution in [2.45, 2.75) is 89.2 Å². The van der Waals surface area contributed by atoms with E-state index in [2.05, 4.69) is 0 Å². The summed E-state index contributed by atoms with van der Waals surface area (Å²) >= 11 is 0. The zero-order valence-corrected chi connectivity index (χ0v) is 17.6. The molecule has 0 aromatic rings. The molecule has 0 radical (unpaired) electrons. The average molecular weight is 437 g/mol. The number of fused-ring (bicyclic) bond motifs is 1. The van der Waals surface area contributed by atoms with Crippen molar-refractivity contribution in [1.29, 1.82) is 0 Å². The number of carboxylic acids is 1. The van der Waals surface area contributed by atoms with Gasteiger partial charge in [0.05, 0.1) is 24.2 Å². The van der Waals surface area contributed by atoms with Gasteiger partial charge in [0.2, 0.25) is 0 Å². The van der Waals surface area contributed by atoms with Gasteiger partial charge in [-0.05, 0) is 49.9 Å². The Hall–Kier alpha value is -1.12. The van der Waals surface area contributed by atoms with Gasteiger partial charge in [0.15, 0.2) is 0 Å². The molecule has 0 amide bonds. The third-order valence-electron chi connectivity index (χ3n) is 6.59. The van der Waals surface area contributed by atoms with E-state index in [-0.39, 0.29) is 49.4 Å². The SMILES string of the molecule is CCCC[C@H]([C@H](O)/C=C/[C@H]1[C@H](CO)C[C@@H]2O[C@@H](CCCCC(=O)O)C[C@H]12)C(F)(F)F. The van der Waals surface area contributed by atoms with Gasteiger partial charge in [0.1, 0.15) is 0 Å². The van der Waals surface area contributed by atoms with Gasteiger partial charge in [-0.2, -0.15) is 13.2 Å². The zero-order chi connectivity index (χ0) is 22.3. The van der Waals surface area contributed by atoms with Crippen LogP contribution in [0.25, 0.3) is 0 Å². The lowest BCUT2D eigenvalue weighted by Crippen LogP contribution is -2.33. The van der Waals surface area contributed by atoms with Crippen LogP contribution in [0.4, 0.5) is 13.2 Å². The molecule has 0 spiro atoms. The molecule has 174 valence electrons. The number of hydrogen-bond acceptors (Lipinski definition) is 4. The van der Waals surface area contributed by atoms with Crippen molar-refractivity contribution in [2.75, 3.05) is 6.61 Å². The van der Waals surface area contributed by atoms with Crippen molar-refractivity contribution in [1.82, 2.24) is 0 Å². The lowest BCUT2D eigenvalue weighted by Gasteiger charge is -2.25. The maximum atomic E-state index is 13.3. The summed E-state index contributed by atoms with van der Waals surface area (Å²) < 4.78 is 46.0. The van der Waals surface area contributed by atoms with Gasteiger partial charge in [-0.15, -0.1) is 0 Å². The molecule has 1 saturated carbocycles. The monoisotopic (exact) mass is 436 g/mol. The van der Waals surface area contributed by atoms with E-state index in [9.17, 15) is 28.2 Å². The zero-order valence-electron chi connectivity index (χ0n) is 17.6. The number of carboxylic acid groups (broad SMARTS) is 1. The van der Waals surface area contributed by atoms with Crippen LogP contribution in [-0.4, -0.2) is 52.4 Å². The molecular weight excluding hydrogens is 401 g/mol. The van der Waals surface area contributed by atoms with E-state index in [1.165, 1.54) is 6.08 Å². The predicted octanol–water partition coefficient (Wildman–Crippen LogP) is 4.32. The molecule has 1 aliphatic heterocycles. The minimum absolute atomic E-state index is 0.0155. The average Bonchev–Trinajstić information content (AvgIpc) is 3.19. The van der Waals surface area contributed by atoms with Crippen LogP contribution in [-0.2, 0) is 9.53 Å². The van der Waals surface area contributed by atoms with Gasteiger partial charge in [-0.25, -0.2) is 0 Å². The minimum Gasteiger partial charge on any atom is -0.481 e. The molecule has 2 fully saturated rings. The molecular formula is C22H35F3O5. The lowest BCUT2D eigenvalue weighted by molar-refractivity contribution is -0.195. The highest BCUT2D eigenvalue weighted by Gasteiger charge is 2.48. The third kappa shape index (κ3) is 6.95. The molecule has 1 heterocycles. The van der Waals surface area contributed by atoms with Crippen molar-refractivity contribution in [2.24, 2.45) is 23.7 Å². The summed E-state index contributed by atoms with van der Waals surface area (Å²) in [4.78, 5) is 10.6. The molecule has 0 unspecified atom stereocenters. The molecule has 3 N–H and O–H groups in total. The van der Waals surface area contributed by atoms with Crippen LogP contribution < -0.4 is 0 Å². The van der Waals surface area contributed by atoms with Crippen LogP contribution >= 0.6 is 0 Å². The lowest BCUT2D eigenvalue weighted by atomic mass is 9.85. The normalized spacial score (nSPS) is 31.2. The Labute approximate surface area is 176 Å². The fourth-order valence-electron chi connectivity index (χ4n) is 4.96.